The lowest BCUT2D eigenvalue weighted by Crippen LogP contribution is -1.96. The monoisotopic (exact) mass is 478 g/mol. The van der Waals surface area contributed by atoms with Gasteiger partial charge in [-0.3, -0.25) is 4.79 Å². The number of hydrogen-bond donors (Lipinski definition) is 1. The molecular formula is C16H13Br2ClO5. The summed E-state index contributed by atoms with van der Waals surface area (Å²) in [6.45, 7) is 0. The van der Waals surface area contributed by atoms with E-state index in [1.807, 2.05) is 0 Å². The molecule has 0 aromatic heterocycles. The summed E-state index contributed by atoms with van der Waals surface area (Å²) in [5.41, 5.74) is 0.645. The highest BCUT2D eigenvalue weighted by atomic mass is 79.9. The normalized spacial score (nSPS) is 9.54. The zero-order valence-corrected chi connectivity index (χ0v) is 16.6. The van der Waals surface area contributed by atoms with E-state index in [1.165, 1.54) is 26.4 Å². The highest BCUT2D eigenvalue weighted by molar-refractivity contribution is 9.10. The van der Waals surface area contributed by atoms with Crippen molar-refractivity contribution in [3.8, 4) is 11.5 Å². The first-order valence-electron chi connectivity index (χ1n) is 6.40. The average molecular weight is 481 g/mol. The molecule has 0 bridgehead atoms. The van der Waals surface area contributed by atoms with Crippen molar-refractivity contribution in [1.82, 2.24) is 0 Å². The fourth-order valence-corrected chi connectivity index (χ4v) is 2.51. The van der Waals surface area contributed by atoms with Crippen molar-refractivity contribution < 1.29 is 24.2 Å². The molecule has 0 unspecified atom stereocenters. The SMILES string of the molecule is COc1cc(C(=O)Cl)ccc1Br.COc1cc(C(=O)O)ccc1Br. The summed E-state index contributed by atoms with van der Waals surface area (Å²) >= 11 is 11.8. The van der Waals surface area contributed by atoms with Gasteiger partial charge in [0.1, 0.15) is 11.5 Å². The summed E-state index contributed by atoms with van der Waals surface area (Å²) in [6.07, 6.45) is 0. The molecule has 0 atom stereocenters. The van der Waals surface area contributed by atoms with Gasteiger partial charge in [0.05, 0.1) is 28.7 Å². The van der Waals surface area contributed by atoms with Crippen molar-refractivity contribution in [3.63, 3.8) is 0 Å². The minimum atomic E-state index is -0.958. The Kier molecular flexibility index (Phi) is 8.24. The van der Waals surface area contributed by atoms with E-state index in [2.05, 4.69) is 31.9 Å². The van der Waals surface area contributed by atoms with Gasteiger partial charge in [-0.1, -0.05) is 0 Å². The predicted molar refractivity (Wildman–Crippen MR) is 98.5 cm³/mol. The van der Waals surface area contributed by atoms with Gasteiger partial charge in [0.25, 0.3) is 5.24 Å². The van der Waals surface area contributed by atoms with Crippen LogP contribution in [0.15, 0.2) is 45.3 Å². The molecular weight excluding hydrogens is 467 g/mol. The molecule has 128 valence electrons. The van der Waals surface area contributed by atoms with Gasteiger partial charge in [-0.2, -0.15) is 0 Å². The zero-order valence-electron chi connectivity index (χ0n) is 12.7. The summed E-state index contributed by atoms with van der Waals surface area (Å²) in [5.74, 6) is 0.164. The van der Waals surface area contributed by atoms with Crippen LogP contribution in [-0.2, 0) is 0 Å². The van der Waals surface area contributed by atoms with E-state index in [4.69, 9.17) is 26.2 Å². The van der Waals surface area contributed by atoms with E-state index < -0.39 is 11.2 Å². The van der Waals surface area contributed by atoms with Gasteiger partial charge in [0, 0.05) is 5.56 Å². The lowest BCUT2D eigenvalue weighted by molar-refractivity contribution is 0.0696. The van der Waals surface area contributed by atoms with E-state index >= 15 is 0 Å². The molecule has 0 amide bonds. The number of halogens is 3. The van der Waals surface area contributed by atoms with Crippen LogP contribution in [-0.4, -0.2) is 30.5 Å². The summed E-state index contributed by atoms with van der Waals surface area (Å²) in [7, 11) is 3.02. The lowest BCUT2D eigenvalue weighted by atomic mass is 10.2. The highest BCUT2D eigenvalue weighted by Crippen LogP contribution is 2.26. The zero-order chi connectivity index (χ0) is 18.3. The van der Waals surface area contributed by atoms with Crippen LogP contribution in [0.3, 0.4) is 0 Å². The Morgan fingerprint density at radius 1 is 0.917 bits per heavy atom. The second kappa shape index (κ2) is 9.66. The number of benzene rings is 2. The second-order valence-electron chi connectivity index (χ2n) is 4.28. The van der Waals surface area contributed by atoms with Gasteiger partial charge < -0.3 is 14.6 Å². The summed E-state index contributed by atoms with van der Waals surface area (Å²) in [4.78, 5) is 21.2. The fourth-order valence-electron chi connectivity index (χ4n) is 1.57. The largest absolute Gasteiger partial charge is 0.496 e. The Labute approximate surface area is 160 Å². The van der Waals surface area contributed by atoms with Crippen molar-refractivity contribution in [1.29, 1.82) is 0 Å². The maximum absolute atomic E-state index is 10.7. The van der Waals surface area contributed by atoms with Crippen molar-refractivity contribution in [2.24, 2.45) is 0 Å². The standard InChI is InChI=1S/C8H6BrClO2.C8H7BrO3/c2*1-12-7-4-5(8(10)11)2-3-6(7)9/h2-4H,1H3;2-4H,1H3,(H,10,11). The first-order chi connectivity index (χ1) is 11.3. The Bertz CT molecular complexity index is 686. The molecule has 2 aromatic carbocycles. The summed E-state index contributed by atoms with van der Waals surface area (Å²) < 4.78 is 11.4. The molecule has 0 heterocycles. The maximum Gasteiger partial charge on any atom is 0.335 e. The molecule has 2 aromatic rings. The number of rotatable bonds is 4. The molecule has 0 aliphatic heterocycles. The molecule has 1 N–H and O–H groups in total. The highest BCUT2D eigenvalue weighted by Gasteiger charge is 2.06. The van der Waals surface area contributed by atoms with Crippen LogP contribution < -0.4 is 9.47 Å². The van der Waals surface area contributed by atoms with Gasteiger partial charge >= 0.3 is 5.97 Å². The molecule has 0 fully saturated rings. The van der Waals surface area contributed by atoms with E-state index in [9.17, 15) is 9.59 Å². The van der Waals surface area contributed by atoms with Crippen molar-refractivity contribution in [2.45, 2.75) is 0 Å². The Hall–Kier alpha value is -1.57. The molecule has 0 spiro atoms. The van der Waals surface area contributed by atoms with Crippen LogP contribution in [0.5, 0.6) is 11.5 Å². The number of methoxy groups -OCH3 is 2. The predicted octanol–water partition coefficient (Wildman–Crippen LogP) is 4.99. The van der Waals surface area contributed by atoms with Crippen molar-refractivity contribution in [3.05, 3.63) is 56.5 Å². The number of ether oxygens (including phenoxy) is 2. The maximum atomic E-state index is 10.7. The van der Waals surface area contributed by atoms with Gasteiger partial charge in [-0.05, 0) is 79.9 Å². The first-order valence-corrected chi connectivity index (χ1v) is 8.36. The number of carbonyl (C=O) groups is 2. The quantitative estimate of drug-likeness (QED) is 0.624. The summed E-state index contributed by atoms with van der Waals surface area (Å²) in [5, 5.41) is 8.14. The lowest BCUT2D eigenvalue weighted by Gasteiger charge is -2.03. The third-order valence-electron chi connectivity index (χ3n) is 2.78. The first kappa shape index (κ1) is 20.5. The van der Waals surface area contributed by atoms with Crippen LogP contribution in [0.2, 0.25) is 0 Å². The molecule has 8 heteroatoms. The molecule has 0 aliphatic rings. The van der Waals surface area contributed by atoms with Crippen LogP contribution in [0, 0.1) is 0 Å². The van der Waals surface area contributed by atoms with E-state index in [0.717, 1.165) is 8.95 Å². The Morgan fingerprint density at radius 2 is 1.33 bits per heavy atom. The topological polar surface area (TPSA) is 72.8 Å². The van der Waals surface area contributed by atoms with E-state index in [0.29, 0.717) is 17.1 Å². The minimum absolute atomic E-state index is 0.218. The summed E-state index contributed by atoms with van der Waals surface area (Å²) in [6, 6.07) is 9.54. The number of carbonyl (C=O) groups excluding carboxylic acids is 1. The van der Waals surface area contributed by atoms with E-state index in [-0.39, 0.29) is 5.56 Å². The molecule has 0 radical (unpaired) electrons. The molecule has 5 nitrogen and oxygen atoms in total. The molecule has 0 saturated heterocycles. The molecule has 0 aliphatic carbocycles. The Balaban J connectivity index is 0.000000240. The van der Waals surface area contributed by atoms with Gasteiger partial charge in [-0.25, -0.2) is 4.79 Å². The van der Waals surface area contributed by atoms with Crippen LogP contribution >= 0.6 is 43.5 Å². The second-order valence-corrected chi connectivity index (χ2v) is 6.33. The number of aromatic carboxylic acids is 1. The number of carboxylic acid groups (broad SMARTS) is 1. The molecule has 24 heavy (non-hydrogen) atoms. The Morgan fingerprint density at radius 3 is 1.71 bits per heavy atom. The van der Waals surface area contributed by atoms with Crippen LogP contribution in [0.25, 0.3) is 0 Å². The average Bonchev–Trinajstić information content (AvgIpc) is 2.55. The number of carboxylic acids is 1. The van der Waals surface area contributed by atoms with Crippen LogP contribution in [0.4, 0.5) is 0 Å². The molecule has 0 saturated carbocycles. The minimum Gasteiger partial charge on any atom is -0.496 e. The third-order valence-corrected chi connectivity index (χ3v) is 4.30. The van der Waals surface area contributed by atoms with Gasteiger partial charge in [-0.15, -0.1) is 0 Å². The third kappa shape index (κ3) is 5.81. The van der Waals surface area contributed by atoms with Gasteiger partial charge in [0.2, 0.25) is 0 Å². The van der Waals surface area contributed by atoms with E-state index in [1.54, 1.807) is 24.3 Å². The smallest absolute Gasteiger partial charge is 0.335 e. The molecule has 2 rings (SSSR count). The van der Waals surface area contributed by atoms with Gasteiger partial charge in [0.15, 0.2) is 0 Å². The van der Waals surface area contributed by atoms with Crippen molar-refractivity contribution in [2.75, 3.05) is 14.2 Å². The number of hydrogen-bond acceptors (Lipinski definition) is 4. The van der Waals surface area contributed by atoms with Crippen molar-refractivity contribution >= 4 is 54.7 Å². The fraction of sp³-hybridized carbons (Fsp3) is 0.125. The van der Waals surface area contributed by atoms with Crippen LogP contribution in [0.1, 0.15) is 20.7 Å².